The molecule has 0 saturated heterocycles. The van der Waals surface area contributed by atoms with E-state index in [1.165, 1.54) is 18.6 Å². The van der Waals surface area contributed by atoms with Gasteiger partial charge in [-0.25, -0.2) is 17.6 Å². The molecule has 1 atom stereocenters. The minimum absolute atomic E-state index is 0.0742. The van der Waals surface area contributed by atoms with Gasteiger partial charge in [-0.3, -0.25) is 4.99 Å². The lowest BCUT2D eigenvalue weighted by Crippen LogP contribution is -2.24. The maximum absolute atomic E-state index is 14.7. The zero-order valence-electron chi connectivity index (χ0n) is 23.6. The Morgan fingerprint density at radius 3 is 2.00 bits per heavy atom. The Bertz CT molecular complexity index is 1730. The summed E-state index contributed by atoms with van der Waals surface area (Å²) in [5.74, 6) is 3.10. The number of rotatable bonds is 7. The summed E-state index contributed by atoms with van der Waals surface area (Å²) in [6.07, 6.45) is -1.49. The zero-order chi connectivity index (χ0) is 32.8. The SMILES string of the molecule is CCCCCC1C=CC(C#Cc2ccc(C#Cc3ccc(C(F)(F)Oc4cc(F)c(C(F)(F)F)c(F)c4)c(F)c3)c(F)c2)=NC1. The minimum atomic E-state index is -5.42. The van der Waals surface area contributed by atoms with Crippen molar-refractivity contribution >= 4 is 5.71 Å². The van der Waals surface area contributed by atoms with E-state index in [1.54, 1.807) is 0 Å². The summed E-state index contributed by atoms with van der Waals surface area (Å²) in [7, 11) is 0. The summed E-state index contributed by atoms with van der Waals surface area (Å²) in [6.45, 7) is 2.80. The first-order valence-electron chi connectivity index (χ1n) is 13.8. The first-order chi connectivity index (χ1) is 21.3. The fourth-order valence-corrected chi connectivity index (χ4v) is 4.36. The highest BCUT2D eigenvalue weighted by Crippen LogP contribution is 2.38. The number of halogens is 9. The molecule has 0 saturated carbocycles. The number of aliphatic imine (C=N–C) groups is 1. The van der Waals surface area contributed by atoms with Crippen LogP contribution >= 0.6 is 0 Å². The Morgan fingerprint density at radius 2 is 1.42 bits per heavy atom. The van der Waals surface area contributed by atoms with E-state index >= 15 is 0 Å². The van der Waals surface area contributed by atoms with Crippen LogP contribution in [0.1, 0.15) is 60.4 Å². The third-order valence-corrected chi connectivity index (χ3v) is 6.67. The summed E-state index contributed by atoms with van der Waals surface area (Å²) in [5, 5.41) is 0. The van der Waals surface area contributed by atoms with Crippen molar-refractivity contribution in [2.24, 2.45) is 10.9 Å². The predicted octanol–water partition coefficient (Wildman–Crippen LogP) is 9.35. The lowest BCUT2D eigenvalue weighted by Gasteiger charge is -2.20. The van der Waals surface area contributed by atoms with Gasteiger partial charge in [-0.05, 0) is 60.7 Å². The van der Waals surface area contributed by atoms with Gasteiger partial charge < -0.3 is 4.74 Å². The van der Waals surface area contributed by atoms with Crippen molar-refractivity contribution in [1.82, 2.24) is 0 Å². The van der Waals surface area contributed by atoms with Crippen LogP contribution in [0.2, 0.25) is 0 Å². The van der Waals surface area contributed by atoms with Crippen LogP contribution in [0.4, 0.5) is 39.5 Å². The van der Waals surface area contributed by atoms with E-state index in [0.717, 1.165) is 31.4 Å². The van der Waals surface area contributed by atoms with Gasteiger partial charge in [-0.15, -0.1) is 0 Å². The van der Waals surface area contributed by atoms with Crippen molar-refractivity contribution in [2.45, 2.75) is 44.9 Å². The van der Waals surface area contributed by atoms with E-state index in [0.29, 0.717) is 35.9 Å². The molecule has 0 aliphatic carbocycles. The molecule has 0 bridgehead atoms. The van der Waals surface area contributed by atoms with Crippen LogP contribution in [-0.2, 0) is 12.3 Å². The van der Waals surface area contributed by atoms with E-state index in [2.05, 4.69) is 46.4 Å². The molecule has 0 radical (unpaired) electrons. The molecule has 0 aromatic heterocycles. The highest BCUT2D eigenvalue weighted by molar-refractivity contribution is 6.09. The molecule has 1 aliphatic rings. The number of hydrogen-bond donors (Lipinski definition) is 0. The molecular formula is C34H24F9NO. The third-order valence-electron chi connectivity index (χ3n) is 6.67. The van der Waals surface area contributed by atoms with Crippen LogP contribution < -0.4 is 4.74 Å². The fraction of sp³-hybridized carbons (Fsp3) is 0.265. The van der Waals surface area contributed by atoms with Crippen LogP contribution in [0.15, 0.2) is 65.7 Å². The van der Waals surface area contributed by atoms with Crippen molar-refractivity contribution in [3.63, 3.8) is 0 Å². The normalized spacial score (nSPS) is 14.6. The summed E-state index contributed by atoms with van der Waals surface area (Å²) in [6, 6.07) is 5.98. The van der Waals surface area contributed by atoms with Gasteiger partial charge in [0.25, 0.3) is 0 Å². The number of dihydropyridines is 1. The lowest BCUT2D eigenvalue weighted by atomic mass is 9.98. The predicted molar refractivity (Wildman–Crippen MR) is 151 cm³/mol. The molecule has 3 aromatic rings. The van der Waals surface area contributed by atoms with Gasteiger partial charge in [0.15, 0.2) is 0 Å². The second-order valence-electron chi connectivity index (χ2n) is 10.1. The van der Waals surface area contributed by atoms with Gasteiger partial charge in [0, 0.05) is 29.8 Å². The van der Waals surface area contributed by atoms with Crippen LogP contribution in [-0.4, -0.2) is 12.3 Å². The summed E-state index contributed by atoms with van der Waals surface area (Å²) < 4.78 is 128. The Kier molecular flexibility index (Phi) is 10.3. The molecule has 0 spiro atoms. The van der Waals surface area contributed by atoms with Gasteiger partial charge >= 0.3 is 12.3 Å². The number of ether oxygens (including phenoxy) is 1. The second kappa shape index (κ2) is 14.0. The number of unbranched alkanes of at least 4 members (excludes halogenated alkanes) is 2. The van der Waals surface area contributed by atoms with Crippen molar-refractivity contribution in [3.05, 3.63) is 112 Å². The van der Waals surface area contributed by atoms with Crippen molar-refractivity contribution in [3.8, 4) is 29.4 Å². The maximum atomic E-state index is 14.7. The molecule has 45 heavy (non-hydrogen) atoms. The number of hydrogen-bond acceptors (Lipinski definition) is 2. The first-order valence-corrected chi connectivity index (χ1v) is 13.8. The molecule has 3 aromatic carbocycles. The van der Waals surface area contributed by atoms with E-state index in [-0.39, 0.29) is 23.3 Å². The second-order valence-corrected chi connectivity index (χ2v) is 10.1. The monoisotopic (exact) mass is 633 g/mol. The quantitative estimate of drug-likeness (QED) is 0.144. The molecule has 234 valence electrons. The molecule has 0 fully saturated rings. The molecule has 1 unspecified atom stereocenters. The molecule has 1 heterocycles. The number of allylic oxidation sites excluding steroid dienone is 1. The summed E-state index contributed by atoms with van der Waals surface area (Å²) in [5.41, 5.74) is -2.92. The van der Waals surface area contributed by atoms with Crippen molar-refractivity contribution < 1.29 is 44.3 Å². The highest BCUT2D eigenvalue weighted by atomic mass is 19.4. The lowest BCUT2D eigenvalue weighted by molar-refractivity contribution is -0.187. The average Bonchev–Trinajstić information content (AvgIpc) is 2.95. The van der Waals surface area contributed by atoms with E-state index < -0.39 is 52.4 Å². The Hall–Kier alpha value is -4.64. The minimum Gasteiger partial charge on any atom is -0.429 e. The zero-order valence-corrected chi connectivity index (χ0v) is 23.6. The Morgan fingerprint density at radius 1 is 0.778 bits per heavy atom. The average molecular weight is 634 g/mol. The summed E-state index contributed by atoms with van der Waals surface area (Å²) >= 11 is 0. The molecule has 0 amide bonds. The molecular weight excluding hydrogens is 609 g/mol. The van der Waals surface area contributed by atoms with Gasteiger partial charge in [-0.1, -0.05) is 50.0 Å². The standard InChI is InChI=1S/C34H24F9NO/c1-2-3-4-5-23-9-14-25(44-20-23)13-8-21-6-11-24(28(35)16-21)12-7-22-10-15-27(29(36)17-22)34(42,43)45-26-18-30(37)32(31(38)19-26)33(39,40)41/h6,9-11,14-19,23H,2-5,20H2,1H3. The highest BCUT2D eigenvalue weighted by Gasteiger charge is 2.41. The topological polar surface area (TPSA) is 21.6 Å². The number of nitrogens with zero attached hydrogens (tertiary/aromatic N) is 1. The van der Waals surface area contributed by atoms with Crippen molar-refractivity contribution in [2.75, 3.05) is 6.54 Å². The van der Waals surface area contributed by atoms with Crippen LogP contribution in [0, 0.1) is 52.9 Å². The van der Waals surface area contributed by atoms with Crippen LogP contribution in [0.5, 0.6) is 5.75 Å². The molecule has 0 N–H and O–H groups in total. The molecule has 4 rings (SSSR count). The van der Waals surface area contributed by atoms with E-state index in [9.17, 15) is 39.5 Å². The van der Waals surface area contributed by atoms with Crippen molar-refractivity contribution in [1.29, 1.82) is 0 Å². The van der Waals surface area contributed by atoms with Gasteiger partial charge in [-0.2, -0.15) is 22.0 Å². The fourth-order valence-electron chi connectivity index (χ4n) is 4.36. The third kappa shape index (κ3) is 8.72. The van der Waals surface area contributed by atoms with E-state index in [4.69, 9.17) is 0 Å². The first kappa shape index (κ1) is 33.3. The van der Waals surface area contributed by atoms with Crippen LogP contribution in [0.3, 0.4) is 0 Å². The number of alkyl halides is 5. The summed E-state index contributed by atoms with van der Waals surface area (Å²) in [4.78, 5) is 4.46. The van der Waals surface area contributed by atoms with Crippen LogP contribution in [0.25, 0.3) is 0 Å². The molecule has 1 aliphatic heterocycles. The Balaban J connectivity index is 1.43. The number of benzene rings is 3. The Labute approximate surface area is 253 Å². The van der Waals surface area contributed by atoms with Gasteiger partial charge in [0.2, 0.25) is 0 Å². The largest absolute Gasteiger partial charge is 0.429 e. The van der Waals surface area contributed by atoms with E-state index in [1.807, 2.05) is 6.08 Å². The maximum Gasteiger partial charge on any atom is 0.429 e. The van der Waals surface area contributed by atoms with Gasteiger partial charge in [0.1, 0.15) is 45.9 Å². The molecule has 2 nitrogen and oxygen atoms in total. The van der Waals surface area contributed by atoms with Gasteiger partial charge in [0.05, 0.1) is 5.56 Å². The molecule has 11 heteroatoms. The smallest absolute Gasteiger partial charge is 0.429 e.